The number of imide groups is 1. The first-order chi connectivity index (χ1) is 14.1. The second-order valence-electron chi connectivity index (χ2n) is 7.42. The summed E-state index contributed by atoms with van der Waals surface area (Å²) in [6, 6.07) is 11.1. The molecule has 0 aliphatic carbocycles. The van der Waals surface area contributed by atoms with Crippen LogP contribution in [-0.2, 0) is 0 Å². The van der Waals surface area contributed by atoms with Gasteiger partial charge in [0.15, 0.2) is 0 Å². The molecule has 0 radical (unpaired) electrons. The number of hydrogen-bond acceptors (Lipinski definition) is 6. The van der Waals surface area contributed by atoms with Crippen LogP contribution in [-0.4, -0.2) is 96.3 Å². The fourth-order valence-electron chi connectivity index (χ4n) is 3.82. The fourth-order valence-corrected chi connectivity index (χ4v) is 3.82. The van der Waals surface area contributed by atoms with Gasteiger partial charge in [0.2, 0.25) is 0 Å². The molecular weight excluding hydrogens is 370 g/mol. The van der Waals surface area contributed by atoms with Crippen molar-refractivity contribution in [2.24, 2.45) is 0 Å². The van der Waals surface area contributed by atoms with Gasteiger partial charge >= 0.3 is 0 Å². The predicted molar refractivity (Wildman–Crippen MR) is 112 cm³/mol. The number of aliphatic hydroxyl groups is 2. The summed E-state index contributed by atoms with van der Waals surface area (Å²) in [7, 11) is 1.99. The van der Waals surface area contributed by atoms with Crippen LogP contribution in [0.15, 0.2) is 36.4 Å². The summed E-state index contributed by atoms with van der Waals surface area (Å²) in [5, 5.41) is 19.8. The zero-order valence-corrected chi connectivity index (χ0v) is 16.9. The van der Waals surface area contributed by atoms with Gasteiger partial charge in [-0.05, 0) is 37.5 Å². The molecule has 0 saturated heterocycles. The molecule has 1 aliphatic heterocycles. The molecule has 7 heteroatoms. The maximum atomic E-state index is 12.9. The average molecular weight is 399 g/mol. The summed E-state index contributed by atoms with van der Waals surface area (Å²) < 4.78 is 0. The van der Waals surface area contributed by atoms with E-state index < -0.39 is 0 Å². The average Bonchev–Trinajstić information content (AvgIpc) is 2.73. The van der Waals surface area contributed by atoms with Crippen LogP contribution in [0, 0.1) is 0 Å². The summed E-state index contributed by atoms with van der Waals surface area (Å²) >= 11 is 0. The SMILES string of the molecule is CN(CCCN1C(=O)c2cccc3cccc(c23)C1=O)CCN(CCO)CCO. The lowest BCUT2D eigenvalue weighted by atomic mass is 9.94. The highest BCUT2D eigenvalue weighted by Gasteiger charge is 2.32. The highest BCUT2D eigenvalue weighted by Crippen LogP contribution is 2.29. The lowest BCUT2D eigenvalue weighted by molar-refractivity contribution is 0.0604. The highest BCUT2D eigenvalue weighted by molar-refractivity contribution is 6.25. The summed E-state index contributed by atoms with van der Waals surface area (Å²) in [6.45, 7) is 3.86. The van der Waals surface area contributed by atoms with Gasteiger partial charge in [-0.15, -0.1) is 0 Å². The molecule has 0 saturated carbocycles. The number of benzene rings is 2. The van der Waals surface area contributed by atoms with Crippen LogP contribution in [0.5, 0.6) is 0 Å². The van der Waals surface area contributed by atoms with E-state index in [1.807, 2.05) is 36.2 Å². The Morgan fingerprint density at radius 1 is 0.828 bits per heavy atom. The molecule has 1 heterocycles. The Kier molecular flexibility index (Phi) is 7.33. The number of rotatable bonds is 11. The van der Waals surface area contributed by atoms with Crippen molar-refractivity contribution < 1.29 is 19.8 Å². The first kappa shape index (κ1) is 21.4. The minimum absolute atomic E-state index is 0.0666. The van der Waals surface area contributed by atoms with Crippen molar-refractivity contribution in [3.05, 3.63) is 47.5 Å². The van der Waals surface area contributed by atoms with Gasteiger partial charge in [-0.3, -0.25) is 19.4 Å². The molecule has 156 valence electrons. The standard InChI is InChI=1S/C22H29N3O4/c1-23(11-12-24(13-15-26)14-16-27)9-4-10-25-21(28)18-7-2-5-17-6-3-8-19(20(17)18)22(25)29/h2-3,5-8,26-27H,4,9-16H2,1H3. The molecular formula is C22H29N3O4. The van der Waals surface area contributed by atoms with E-state index in [0.29, 0.717) is 37.2 Å². The van der Waals surface area contributed by atoms with Crippen molar-refractivity contribution in [2.45, 2.75) is 6.42 Å². The molecule has 0 fully saturated rings. The van der Waals surface area contributed by atoms with E-state index >= 15 is 0 Å². The van der Waals surface area contributed by atoms with E-state index in [-0.39, 0.29) is 25.0 Å². The number of likely N-dealkylation sites (N-methyl/N-ethyl adjacent to an activating group) is 1. The zero-order chi connectivity index (χ0) is 20.8. The minimum atomic E-state index is -0.223. The van der Waals surface area contributed by atoms with Crippen molar-refractivity contribution in [3.8, 4) is 0 Å². The van der Waals surface area contributed by atoms with Gasteiger partial charge < -0.3 is 15.1 Å². The van der Waals surface area contributed by atoms with Crippen LogP contribution in [0.25, 0.3) is 10.8 Å². The Morgan fingerprint density at radius 3 is 1.97 bits per heavy atom. The van der Waals surface area contributed by atoms with Gasteiger partial charge in [0.1, 0.15) is 0 Å². The van der Waals surface area contributed by atoms with Crippen LogP contribution >= 0.6 is 0 Å². The Hall–Kier alpha value is -2.32. The van der Waals surface area contributed by atoms with Crippen LogP contribution in [0.4, 0.5) is 0 Å². The van der Waals surface area contributed by atoms with Crippen molar-refractivity contribution in [3.63, 3.8) is 0 Å². The Balaban J connectivity index is 1.56. The quantitative estimate of drug-likeness (QED) is 0.550. The van der Waals surface area contributed by atoms with Crippen LogP contribution in [0.2, 0.25) is 0 Å². The third-order valence-corrected chi connectivity index (χ3v) is 5.41. The number of hydrogen-bond donors (Lipinski definition) is 2. The maximum Gasteiger partial charge on any atom is 0.261 e. The van der Waals surface area contributed by atoms with Gasteiger partial charge in [-0.1, -0.05) is 24.3 Å². The highest BCUT2D eigenvalue weighted by atomic mass is 16.3. The molecule has 2 N–H and O–H groups in total. The summed E-state index contributed by atoms with van der Waals surface area (Å²) in [5.74, 6) is -0.446. The maximum absolute atomic E-state index is 12.9. The third kappa shape index (κ3) is 4.82. The third-order valence-electron chi connectivity index (χ3n) is 5.41. The van der Waals surface area contributed by atoms with Gasteiger partial charge in [-0.2, -0.15) is 0 Å². The van der Waals surface area contributed by atoms with Gasteiger partial charge in [-0.25, -0.2) is 0 Å². The topological polar surface area (TPSA) is 84.3 Å². The number of carbonyl (C=O) groups is 2. The first-order valence-electron chi connectivity index (χ1n) is 10.1. The number of nitrogens with zero attached hydrogens (tertiary/aromatic N) is 3. The van der Waals surface area contributed by atoms with E-state index in [9.17, 15) is 9.59 Å². The van der Waals surface area contributed by atoms with E-state index in [1.54, 1.807) is 12.1 Å². The molecule has 0 spiro atoms. The largest absolute Gasteiger partial charge is 0.395 e. The zero-order valence-electron chi connectivity index (χ0n) is 16.9. The molecule has 7 nitrogen and oxygen atoms in total. The molecule has 1 aliphatic rings. The van der Waals surface area contributed by atoms with Crippen molar-refractivity contribution in [2.75, 3.05) is 59.5 Å². The van der Waals surface area contributed by atoms with Gasteiger partial charge in [0, 0.05) is 49.2 Å². The van der Waals surface area contributed by atoms with E-state index in [4.69, 9.17) is 10.2 Å². The molecule has 2 aromatic rings. The Bertz CT molecular complexity index is 814. The molecule has 0 bridgehead atoms. The van der Waals surface area contributed by atoms with Gasteiger partial charge in [0.25, 0.3) is 11.8 Å². The predicted octanol–water partition coefficient (Wildman–Crippen LogP) is 1.04. The van der Waals surface area contributed by atoms with E-state index in [1.165, 1.54) is 4.90 Å². The Morgan fingerprint density at radius 2 is 1.41 bits per heavy atom. The molecule has 29 heavy (non-hydrogen) atoms. The normalized spacial score (nSPS) is 13.9. The molecule has 0 atom stereocenters. The Labute approximate surface area is 171 Å². The molecule has 2 amide bonds. The molecule has 0 unspecified atom stereocenters. The summed E-state index contributed by atoms with van der Waals surface area (Å²) in [4.78, 5) is 31.3. The van der Waals surface area contributed by atoms with Crippen LogP contribution in [0.3, 0.4) is 0 Å². The molecule has 2 aromatic carbocycles. The molecule has 3 rings (SSSR count). The van der Waals surface area contributed by atoms with E-state index in [0.717, 1.165) is 30.4 Å². The van der Waals surface area contributed by atoms with E-state index in [2.05, 4.69) is 4.90 Å². The lowest BCUT2D eigenvalue weighted by Crippen LogP contribution is -2.42. The second kappa shape index (κ2) is 9.93. The summed E-state index contributed by atoms with van der Waals surface area (Å²) in [6.07, 6.45) is 0.687. The molecule has 0 aromatic heterocycles. The number of amides is 2. The second-order valence-corrected chi connectivity index (χ2v) is 7.42. The van der Waals surface area contributed by atoms with Crippen molar-refractivity contribution >= 4 is 22.6 Å². The smallest absolute Gasteiger partial charge is 0.261 e. The van der Waals surface area contributed by atoms with Gasteiger partial charge in [0.05, 0.1) is 13.2 Å². The lowest BCUT2D eigenvalue weighted by Gasteiger charge is -2.28. The monoisotopic (exact) mass is 399 g/mol. The number of aliphatic hydroxyl groups excluding tert-OH is 2. The first-order valence-corrected chi connectivity index (χ1v) is 10.1. The fraction of sp³-hybridized carbons (Fsp3) is 0.455. The minimum Gasteiger partial charge on any atom is -0.395 e. The van der Waals surface area contributed by atoms with Crippen LogP contribution < -0.4 is 0 Å². The van der Waals surface area contributed by atoms with Crippen LogP contribution in [0.1, 0.15) is 27.1 Å². The van der Waals surface area contributed by atoms with Crippen molar-refractivity contribution in [1.29, 1.82) is 0 Å². The number of carbonyl (C=O) groups excluding carboxylic acids is 2. The van der Waals surface area contributed by atoms with Crippen molar-refractivity contribution in [1.82, 2.24) is 14.7 Å². The summed E-state index contributed by atoms with van der Waals surface area (Å²) in [5.41, 5.74) is 1.18.